The molecule has 16 heavy (non-hydrogen) atoms. The van der Waals surface area contributed by atoms with Gasteiger partial charge in [-0.15, -0.1) is 0 Å². The van der Waals surface area contributed by atoms with Crippen molar-refractivity contribution < 1.29 is 4.79 Å². The molecule has 1 aromatic carbocycles. The van der Waals surface area contributed by atoms with Crippen LogP contribution in [0.3, 0.4) is 0 Å². The topological polar surface area (TPSA) is 22.0 Å². The number of benzene rings is 1. The Morgan fingerprint density at radius 1 is 1.00 bits per heavy atom. The third-order valence-electron chi connectivity index (χ3n) is 2.86. The lowest BCUT2D eigenvalue weighted by Crippen LogP contribution is -1.94. The third kappa shape index (κ3) is 1.91. The first-order valence-corrected chi connectivity index (χ1v) is 5.34. The van der Waals surface area contributed by atoms with E-state index >= 15 is 0 Å². The van der Waals surface area contributed by atoms with Gasteiger partial charge in [0.05, 0.1) is 0 Å². The van der Waals surface area contributed by atoms with Crippen LogP contribution < -0.4 is 0 Å². The van der Waals surface area contributed by atoms with Gasteiger partial charge in [-0.1, -0.05) is 0 Å². The summed E-state index contributed by atoms with van der Waals surface area (Å²) in [5, 5.41) is 0. The Kier molecular flexibility index (Phi) is 2.65. The molecule has 2 heteroatoms. The second-order valence-electron chi connectivity index (χ2n) is 4.13. The molecule has 0 aliphatic carbocycles. The predicted molar refractivity (Wildman–Crippen MR) is 65.2 cm³/mol. The Morgan fingerprint density at radius 2 is 1.50 bits per heavy atom. The van der Waals surface area contributed by atoms with Crippen molar-refractivity contribution in [3.05, 3.63) is 53.3 Å². The summed E-state index contributed by atoms with van der Waals surface area (Å²) < 4.78 is 2.08. The highest BCUT2D eigenvalue weighted by molar-refractivity contribution is 5.94. The van der Waals surface area contributed by atoms with Crippen molar-refractivity contribution in [3.8, 4) is 5.69 Å². The van der Waals surface area contributed by atoms with Crippen molar-refractivity contribution in [1.82, 2.24) is 4.57 Å². The van der Waals surface area contributed by atoms with Crippen LogP contribution in [0.15, 0.2) is 36.7 Å². The molecular weight excluding hydrogens is 198 g/mol. The second kappa shape index (κ2) is 3.97. The van der Waals surface area contributed by atoms with Crippen LogP contribution in [0.5, 0.6) is 0 Å². The van der Waals surface area contributed by atoms with E-state index in [-0.39, 0.29) is 5.78 Å². The lowest BCUT2D eigenvalue weighted by atomic mass is 10.1. The van der Waals surface area contributed by atoms with E-state index in [1.54, 1.807) is 6.92 Å². The Balaban J connectivity index is 2.38. The van der Waals surface area contributed by atoms with Crippen LogP contribution in [0.4, 0.5) is 0 Å². The van der Waals surface area contributed by atoms with Gasteiger partial charge >= 0.3 is 0 Å². The van der Waals surface area contributed by atoms with Crippen LogP contribution in [0.2, 0.25) is 0 Å². The van der Waals surface area contributed by atoms with E-state index in [1.807, 2.05) is 24.3 Å². The minimum Gasteiger partial charge on any atom is -0.323 e. The number of Topliss-reactive ketones (excluding diaryl/α,β-unsaturated/α-hetero) is 1. The molecule has 2 rings (SSSR count). The number of rotatable bonds is 2. The summed E-state index contributed by atoms with van der Waals surface area (Å²) in [6.45, 7) is 5.77. The van der Waals surface area contributed by atoms with E-state index in [0.29, 0.717) is 0 Å². The SMILES string of the molecule is CC(=O)c1ccc(-n2cc(C)c(C)c2)cc1. The smallest absolute Gasteiger partial charge is 0.159 e. The lowest BCUT2D eigenvalue weighted by molar-refractivity contribution is 0.101. The molecule has 0 aliphatic rings. The molecule has 0 saturated carbocycles. The average molecular weight is 213 g/mol. The molecule has 2 nitrogen and oxygen atoms in total. The van der Waals surface area contributed by atoms with Gasteiger partial charge in [0.1, 0.15) is 0 Å². The van der Waals surface area contributed by atoms with Crippen molar-refractivity contribution >= 4 is 5.78 Å². The second-order valence-corrected chi connectivity index (χ2v) is 4.13. The highest BCUT2D eigenvalue weighted by atomic mass is 16.1. The van der Waals surface area contributed by atoms with E-state index < -0.39 is 0 Å². The van der Waals surface area contributed by atoms with Crippen molar-refractivity contribution in [2.24, 2.45) is 0 Å². The Bertz CT molecular complexity index is 501. The molecule has 0 radical (unpaired) electrons. The predicted octanol–water partition coefficient (Wildman–Crippen LogP) is 3.30. The van der Waals surface area contributed by atoms with Gasteiger partial charge < -0.3 is 4.57 Å². The number of hydrogen-bond donors (Lipinski definition) is 0. The molecule has 0 unspecified atom stereocenters. The molecule has 0 atom stereocenters. The maximum Gasteiger partial charge on any atom is 0.159 e. The van der Waals surface area contributed by atoms with E-state index in [0.717, 1.165) is 11.3 Å². The summed E-state index contributed by atoms with van der Waals surface area (Å²) in [6.07, 6.45) is 4.19. The Hall–Kier alpha value is -1.83. The standard InChI is InChI=1S/C14H15NO/c1-10-8-15(9-11(10)2)14-6-4-13(5-7-14)12(3)16/h4-9H,1-3H3. The van der Waals surface area contributed by atoms with Crippen molar-refractivity contribution in [2.45, 2.75) is 20.8 Å². The fraction of sp³-hybridized carbons (Fsp3) is 0.214. The highest BCUT2D eigenvalue weighted by Crippen LogP contribution is 2.15. The molecule has 0 fully saturated rings. The molecule has 2 aromatic rings. The fourth-order valence-electron chi connectivity index (χ4n) is 1.68. The van der Waals surface area contributed by atoms with Gasteiger partial charge in [-0.05, 0) is 56.2 Å². The van der Waals surface area contributed by atoms with E-state index in [4.69, 9.17) is 0 Å². The zero-order valence-electron chi connectivity index (χ0n) is 9.82. The minimum atomic E-state index is 0.103. The third-order valence-corrected chi connectivity index (χ3v) is 2.86. The van der Waals surface area contributed by atoms with Gasteiger partial charge in [0.15, 0.2) is 5.78 Å². The van der Waals surface area contributed by atoms with Crippen molar-refractivity contribution in [2.75, 3.05) is 0 Å². The number of aryl methyl sites for hydroxylation is 2. The number of ketones is 1. The molecule has 1 heterocycles. The summed E-state index contributed by atoms with van der Waals surface area (Å²) in [6, 6.07) is 7.66. The monoisotopic (exact) mass is 213 g/mol. The van der Waals surface area contributed by atoms with Crippen LogP contribution >= 0.6 is 0 Å². The van der Waals surface area contributed by atoms with Crippen LogP contribution in [-0.2, 0) is 0 Å². The van der Waals surface area contributed by atoms with Gasteiger partial charge in [0.25, 0.3) is 0 Å². The van der Waals surface area contributed by atoms with Crippen LogP contribution in [0.1, 0.15) is 28.4 Å². The van der Waals surface area contributed by atoms with E-state index in [1.165, 1.54) is 11.1 Å². The molecule has 0 amide bonds. The fourth-order valence-corrected chi connectivity index (χ4v) is 1.68. The first kappa shape index (κ1) is 10.7. The van der Waals surface area contributed by atoms with Crippen LogP contribution in [0, 0.1) is 13.8 Å². The molecule has 0 N–H and O–H groups in total. The van der Waals surface area contributed by atoms with E-state index in [2.05, 4.69) is 30.8 Å². The molecular formula is C14H15NO. The van der Waals surface area contributed by atoms with Gasteiger partial charge in [0.2, 0.25) is 0 Å². The zero-order chi connectivity index (χ0) is 11.7. The molecule has 82 valence electrons. The summed E-state index contributed by atoms with van der Waals surface area (Å²) in [5.74, 6) is 0.103. The summed E-state index contributed by atoms with van der Waals surface area (Å²) in [7, 11) is 0. The summed E-state index contributed by atoms with van der Waals surface area (Å²) in [5.41, 5.74) is 4.39. The van der Waals surface area contributed by atoms with E-state index in [9.17, 15) is 4.79 Å². The van der Waals surface area contributed by atoms with Gasteiger partial charge in [-0.3, -0.25) is 4.79 Å². The maximum absolute atomic E-state index is 11.1. The number of carbonyl (C=O) groups is 1. The quantitative estimate of drug-likeness (QED) is 0.701. The molecule has 0 bridgehead atoms. The molecule has 0 aliphatic heterocycles. The first-order chi connectivity index (χ1) is 7.58. The summed E-state index contributed by atoms with van der Waals surface area (Å²) in [4.78, 5) is 11.1. The molecule has 0 spiro atoms. The van der Waals surface area contributed by atoms with Gasteiger partial charge in [-0.25, -0.2) is 0 Å². The van der Waals surface area contributed by atoms with Crippen molar-refractivity contribution in [3.63, 3.8) is 0 Å². The minimum absolute atomic E-state index is 0.103. The van der Waals surface area contributed by atoms with Gasteiger partial charge in [0, 0.05) is 23.6 Å². The summed E-state index contributed by atoms with van der Waals surface area (Å²) >= 11 is 0. The number of nitrogens with zero attached hydrogens (tertiary/aromatic N) is 1. The van der Waals surface area contributed by atoms with Crippen molar-refractivity contribution in [1.29, 1.82) is 0 Å². The van der Waals surface area contributed by atoms with Crippen LogP contribution in [-0.4, -0.2) is 10.4 Å². The normalized spacial score (nSPS) is 10.4. The Morgan fingerprint density at radius 3 is 1.94 bits per heavy atom. The zero-order valence-corrected chi connectivity index (χ0v) is 9.82. The highest BCUT2D eigenvalue weighted by Gasteiger charge is 2.02. The van der Waals surface area contributed by atoms with Gasteiger partial charge in [-0.2, -0.15) is 0 Å². The lowest BCUT2D eigenvalue weighted by Gasteiger charge is -2.03. The average Bonchev–Trinajstić information content (AvgIpc) is 2.59. The largest absolute Gasteiger partial charge is 0.323 e. The molecule has 0 saturated heterocycles. The number of hydrogen-bond acceptors (Lipinski definition) is 1. The van der Waals surface area contributed by atoms with Crippen LogP contribution in [0.25, 0.3) is 5.69 Å². The maximum atomic E-state index is 11.1. The number of carbonyl (C=O) groups excluding carboxylic acids is 1. The number of aromatic nitrogens is 1. The first-order valence-electron chi connectivity index (χ1n) is 5.34. The molecule has 1 aromatic heterocycles. The Labute approximate surface area is 95.5 Å².